The lowest BCUT2D eigenvalue weighted by atomic mass is 9.51. The fourth-order valence-corrected chi connectivity index (χ4v) is 5.47. The van der Waals surface area contributed by atoms with Gasteiger partial charge < -0.3 is 18.9 Å². The third kappa shape index (κ3) is 2.54. The van der Waals surface area contributed by atoms with Gasteiger partial charge in [-0.25, -0.2) is 9.59 Å². The quantitative estimate of drug-likeness (QED) is 0.294. The van der Waals surface area contributed by atoms with E-state index in [9.17, 15) is 14.4 Å². The molecule has 6 atom stereocenters. The van der Waals surface area contributed by atoms with Crippen molar-refractivity contribution in [3.05, 3.63) is 36.0 Å². The minimum Gasteiger partial charge on any atom is -0.462 e. The van der Waals surface area contributed by atoms with Crippen molar-refractivity contribution < 1.29 is 33.3 Å². The maximum atomic E-state index is 13.4. The van der Waals surface area contributed by atoms with Crippen molar-refractivity contribution in [1.29, 1.82) is 0 Å². The van der Waals surface area contributed by atoms with Crippen LogP contribution in [0.4, 0.5) is 0 Å². The summed E-state index contributed by atoms with van der Waals surface area (Å²) in [4.78, 5) is 38.0. The number of Topliss-reactive ketones (excluding diaryl/α,β-unsaturated/α-hetero) is 1. The Kier molecular flexibility index (Phi) is 4.64. The summed E-state index contributed by atoms with van der Waals surface area (Å²) < 4.78 is 23.5. The second-order valence-electron chi connectivity index (χ2n) is 9.31. The molecule has 2 heterocycles. The van der Waals surface area contributed by atoms with E-state index in [0.717, 1.165) is 12.0 Å². The lowest BCUT2D eigenvalue weighted by molar-refractivity contribution is -0.232. The van der Waals surface area contributed by atoms with E-state index < -0.39 is 46.7 Å². The molecular weight excluding hydrogens is 388 g/mol. The fraction of sp³-hybridized carbons (Fsp3) is 0.609. The van der Waals surface area contributed by atoms with E-state index in [2.05, 4.69) is 13.2 Å². The third-order valence-electron chi connectivity index (χ3n) is 7.44. The SMILES string of the molecule is C=C(C)C(=O)OC[C@]12CCC(C)=C[C@H]1O[C@@H]1C(=O)[C@@H](OC(=O)C(=C)C)[C@@]2(C)[C@]12CO2. The number of rotatable bonds is 5. The van der Waals surface area contributed by atoms with Crippen LogP contribution >= 0.6 is 0 Å². The number of carbonyl (C=O) groups is 3. The van der Waals surface area contributed by atoms with E-state index in [4.69, 9.17) is 18.9 Å². The van der Waals surface area contributed by atoms with Crippen molar-refractivity contribution in [2.45, 2.75) is 64.4 Å². The van der Waals surface area contributed by atoms with E-state index in [1.165, 1.54) is 6.92 Å². The van der Waals surface area contributed by atoms with Gasteiger partial charge in [0.15, 0.2) is 12.2 Å². The van der Waals surface area contributed by atoms with Gasteiger partial charge in [0.25, 0.3) is 0 Å². The van der Waals surface area contributed by atoms with Gasteiger partial charge in [-0.15, -0.1) is 0 Å². The average Bonchev–Trinajstić information content (AvgIpc) is 3.47. The van der Waals surface area contributed by atoms with Crippen LogP contribution in [-0.2, 0) is 33.3 Å². The molecule has 0 N–H and O–H groups in total. The molecule has 1 saturated carbocycles. The van der Waals surface area contributed by atoms with Crippen LogP contribution in [-0.4, -0.2) is 54.8 Å². The summed E-state index contributed by atoms with van der Waals surface area (Å²) in [5.41, 5.74) is -0.983. The Hall–Kier alpha value is -2.25. The molecule has 2 aliphatic carbocycles. The van der Waals surface area contributed by atoms with Crippen LogP contribution in [0.3, 0.4) is 0 Å². The number of hydrogen-bond acceptors (Lipinski definition) is 7. The van der Waals surface area contributed by atoms with Crippen LogP contribution in [0.15, 0.2) is 36.0 Å². The summed E-state index contributed by atoms with van der Waals surface area (Å²) >= 11 is 0. The highest BCUT2D eigenvalue weighted by Crippen LogP contribution is 2.71. The molecule has 3 fully saturated rings. The topological polar surface area (TPSA) is 91.4 Å². The molecule has 4 rings (SSSR count). The number of ketones is 1. The molecule has 7 heteroatoms. The van der Waals surface area contributed by atoms with Gasteiger partial charge >= 0.3 is 11.9 Å². The second kappa shape index (κ2) is 6.62. The smallest absolute Gasteiger partial charge is 0.333 e. The molecule has 2 bridgehead atoms. The number of carbonyl (C=O) groups excluding carboxylic acids is 3. The Bertz CT molecular complexity index is 895. The average molecular weight is 416 g/mol. The zero-order chi connectivity index (χ0) is 22.1. The zero-order valence-corrected chi connectivity index (χ0v) is 17.9. The van der Waals surface area contributed by atoms with Crippen molar-refractivity contribution in [3.8, 4) is 0 Å². The van der Waals surface area contributed by atoms with Crippen molar-refractivity contribution >= 4 is 17.7 Å². The largest absolute Gasteiger partial charge is 0.462 e. The minimum atomic E-state index is -1.07. The number of hydrogen-bond donors (Lipinski definition) is 0. The molecule has 1 spiro atoms. The standard InChI is InChI=1S/C23H28O7/c1-12(2)19(25)27-10-22-8-7-14(5)9-15(22)29-18-16(24)17(30-20(26)13(3)4)21(22,6)23(18)11-28-23/h9,15,17-18H,1,3,7-8,10-11H2,2,4-6H3/t15-,17-,18-,21-,22-,23+/m1/s1. The fourth-order valence-electron chi connectivity index (χ4n) is 5.47. The van der Waals surface area contributed by atoms with E-state index in [1.54, 1.807) is 6.92 Å². The first kappa shape index (κ1) is 21.0. The van der Waals surface area contributed by atoms with Crippen molar-refractivity contribution in [2.24, 2.45) is 10.8 Å². The summed E-state index contributed by atoms with van der Waals surface area (Å²) in [6.45, 7) is 14.7. The van der Waals surface area contributed by atoms with Gasteiger partial charge in [-0.1, -0.05) is 31.7 Å². The highest BCUT2D eigenvalue weighted by Gasteiger charge is 2.86. The molecular formula is C23H28O7. The first-order valence-electron chi connectivity index (χ1n) is 10.2. The lowest BCUT2D eigenvalue weighted by Crippen LogP contribution is -2.66. The van der Waals surface area contributed by atoms with Crippen LogP contribution < -0.4 is 0 Å². The molecule has 4 aliphatic rings. The minimum absolute atomic E-state index is 0.00979. The third-order valence-corrected chi connectivity index (χ3v) is 7.44. The van der Waals surface area contributed by atoms with Crippen LogP contribution in [0.5, 0.6) is 0 Å². The predicted molar refractivity (Wildman–Crippen MR) is 106 cm³/mol. The van der Waals surface area contributed by atoms with Crippen molar-refractivity contribution in [3.63, 3.8) is 0 Å². The molecule has 2 aliphatic heterocycles. The number of allylic oxidation sites excluding steroid dienone is 1. The highest BCUT2D eigenvalue weighted by atomic mass is 16.6. The van der Waals surface area contributed by atoms with Crippen LogP contribution in [0.2, 0.25) is 0 Å². The molecule has 162 valence electrons. The summed E-state index contributed by atoms with van der Waals surface area (Å²) in [6.07, 6.45) is 0.973. The molecule has 0 aromatic carbocycles. The Morgan fingerprint density at radius 2 is 1.87 bits per heavy atom. The summed E-state index contributed by atoms with van der Waals surface area (Å²) in [6, 6.07) is 0. The van der Waals surface area contributed by atoms with Gasteiger partial charge in [-0.3, -0.25) is 4.79 Å². The number of epoxide rings is 1. The van der Waals surface area contributed by atoms with E-state index in [0.29, 0.717) is 13.0 Å². The van der Waals surface area contributed by atoms with Gasteiger partial charge in [0.1, 0.15) is 12.2 Å². The van der Waals surface area contributed by atoms with E-state index in [-0.39, 0.29) is 23.5 Å². The molecule has 0 aromatic heterocycles. The lowest BCUT2D eigenvalue weighted by Gasteiger charge is -2.57. The molecule has 30 heavy (non-hydrogen) atoms. The Labute approximate surface area is 176 Å². The summed E-state index contributed by atoms with van der Waals surface area (Å²) in [5, 5.41) is 0. The Morgan fingerprint density at radius 1 is 1.23 bits per heavy atom. The molecule has 0 aromatic rings. The summed E-state index contributed by atoms with van der Waals surface area (Å²) in [5.74, 6) is -1.45. The Balaban J connectivity index is 1.82. The van der Waals surface area contributed by atoms with Gasteiger partial charge in [-0.2, -0.15) is 0 Å². The molecule has 7 nitrogen and oxygen atoms in total. The normalized spacial score (nSPS) is 41.0. The number of fused-ring (bicyclic) bond motifs is 2. The predicted octanol–water partition coefficient (Wildman–Crippen LogP) is 2.45. The van der Waals surface area contributed by atoms with Crippen LogP contribution in [0.25, 0.3) is 0 Å². The van der Waals surface area contributed by atoms with Crippen LogP contribution in [0, 0.1) is 10.8 Å². The zero-order valence-electron chi connectivity index (χ0n) is 17.9. The molecule has 0 amide bonds. The Morgan fingerprint density at radius 3 is 2.43 bits per heavy atom. The van der Waals surface area contributed by atoms with E-state index >= 15 is 0 Å². The van der Waals surface area contributed by atoms with Gasteiger partial charge in [0, 0.05) is 16.6 Å². The number of ether oxygens (including phenoxy) is 4. The first-order valence-corrected chi connectivity index (χ1v) is 10.2. The molecule has 0 unspecified atom stereocenters. The van der Waals surface area contributed by atoms with Gasteiger partial charge in [-0.05, 0) is 33.6 Å². The van der Waals surface area contributed by atoms with Crippen LogP contribution in [0.1, 0.15) is 40.5 Å². The van der Waals surface area contributed by atoms with Gasteiger partial charge in [0.05, 0.1) is 18.1 Å². The highest BCUT2D eigenvalue weighted by molar-refractivity contribution is 5.98. The first-order chi connectivity index (χ1) is 14.0. The van der Waals surface area contributed by atoms with Crippen molar-refractivity contribution in [2.75, 3.05) is 13.2 Å². The van der Waals surface area contributed by atoms with E-state index in [1.807, 2.05) is 19.9 Å². The maximum absolute atomic E-state index is 13.4. The molecule has 0 radical (unpaired) electrons. The maximum Gasteiger partial charge on any atom is 0.333 e. The monoisotopic (exact) mass is 416 g/mol. The molecule has 2 saturated heterocycles. The second-order valence-corrected chi connectivity index (χ2v) is 9.31. The van der Waals surface area contributed by atoms with Crippen molar-refractivity contribution in [1.82, 2.24) is 0 Å². The number of esters is 2. The van der Waals surface area contributed by atoms with Gasteiger partial charge in [0.2, 0.25) is 5.78 Å². The summed E-state index contributed by atoms with van der Waals surface area (Å²) in [7, 11) is 0.